The molecule has 0 radical (unpaired) electrons. The highest BCUT2D eigenvalue weighted by atomic mass is 35.5. The van der Waals surface area contributed by atoms with E-state index < -0.39 is 0 Å². The van der Waals surface area contributed by atoms with Crippen molar-refractivity contribution in [1.82, 2.24) is 15.2 Å². The minimum absolute atomic E-state index is 0.352. The van der Waals surface area contributed by atoms with Crippen molar-refractivity contribution in [2.45, 2.75) is 0 Å². The van der Waals surface area contributed by atoms with Gasteiger partial charge in [-0.15, -0.1) is 0 Å². The molecule has 0 aliphatic carbocycles. The number of H-pyrrole nitrogens is 2. The summed E-state index contributed by atoms with van der Waals surface area (Å²) in [7, 11) is 1.37. The number of benzene rings is 2. The van der Waals surface area contributed by atoms with Crippen LogP contribution >= 0.6 is 11.6 Å². The number of hydrogen-bond acceptors (Lipinski definition) is 3. The number of hydrogen-bond donors (Lipinski definition) is 2. The molecule has 0 unspecified atom stereocenters. The van der Waals surface area contributed by atoms with Gasteiger partial charge in [-0.2, -0.15) is 5.10 Å². The minimum Gasteiger partial charge on any atom is -0.465 e. The van der Waals surface area contributed by atoms with Crippen LogP contribution in [-0.4, -0.2) is 28.3 Å². The number of carbonyl (C=O) groups excluding carboxylic acids is 1. The third kappa shape index (κ3) is 2.26. The maximum atomic E-state index is 11.6. The van der Waals surface area contributed by atoms with E-state index in [0.29, 0.717) is 10.6 Å². The first-order valence-electron chi connectivity index (χ1n) is 7.01. The molecule has 0 saturated heterocycles. The van der Waals surface area contributed by atoms with E-state index in [9.17, 15) is 4.79 Å². The number of methoxy groups -OCH3 is 1. The summed E-state index contributed by atoms with van der Waals surface area (Å²) in [6.07, 6.45) is 0. The van der Waals surface area contributed by atoms with Crippen molar-refractivity contribution in [2.75, 3.05) is 7.11 Å². The predicted molar refractivity (Wildman–Crippen MR) is 89.7 cm³/mol. The lowest BCUT2D eigenvalue weighted by Crippen LogP contribution is -2.00. The topological polar surface area (TPSA) is 70.8 Å². The molecule has 2 aromatic heterocycles. The molecule has 0 amide bonds. The quantitative estimate of drug-likeness (QED) is 0.544. The molecular weight excluding hydrogens is 314 g/mol. The van der Waals surface area contributed by atoms with Gasteiger partial charge in [-0.1, -0.05) is 11.6 Å². The van der Waals surface area contributed by atoms with Crippen LogP contribution in [0.25, 0.3) is 33.2 Å². The second-order valence-electron chi connectivity index (χ2n) is 5.24. The van der Waals surface area contributed by atoms with Crippen LogP contribution in [0, 0.1) is 0 Å². The highest BCUT2D eigenvalue weighted by Crippen LogP contribution is 2.30. The summed E-state index contributed by atoms with van der Waals surface area (Å²) in [5.41, 5.74) is 4.01. The molecule has 2 aromatic carbocycles. The Morgan fingerprint density at radius 2 is 2.00 bits per heavy atom. The molecule has 6 heteroatoms. The van der Waals surface area contributed by atoms with Crippen molar-refractivity contribution in [2.24, 2.45) is 0 Å². The van der Waals surface area contributed by atoms with E-state index in [1.165, 1.54) is 7.11 Å². The molecule has 0 aliphatic heterocycles. The molecule has 5 nitrogen and oxygen atoms in total. The molecule has 4 aromatic rings. The number of esters is 1. The van der Waals surface area contributed by atoms with Crippen LogP contribution in [-0.2, 0) is 4.74 Å². The average molecular weight is 326 g/mol. The van der Waals surface area contributed by atoms with E-state index >= 15 is 0 Å². The first-order valence-corrected chi connectivity index (χ1v) is 7.38. The Balaban J connectivity index is 1.86. The first kappa shape index (κ1) is 13.8. The van der Waals surface area contributed by atoms with Crippen molar-refractivity contribution >= 4 is 39.4 Å². The molecule has 2 N–H and O–H groups in total. The van der Waals surface area contributed by atoms with Gasteiger partial charge in [0.2, 0.25) is 0 Å². The number of fused-ring (bicyclic) bond motifs is 2. The molecule has 0 aliphatic rings. The number of rotatable bonds is 2. The van der Waals surface area contributed by atoms with Gasteiger partial charge in [0, 0.05) is 21.3 Å². The Morgan fingerprint density at radius 1 is 1.13 bits per heavy atom. The summed E-state index contributed by atoms with van der Waals surface area (Å²) in [5, 5.41) is 9.92. The number of nitrogens with one attached hydrogen (secondary N) is 2. The van der Waals surface area contributed by atoms with Gasteiger partial charge in [0.15, 0.2) is 0 Å². The number of halogens is 1. The smallest absolute Gasteiger partial charge is 0.337 e. The minimum atomic E-state index is -0.352. The van der Waals surface area contributed by atoms with E-state index in [2.05, 4.69) is 15.2 Å². The molecule has 0 saturated carbocycles. The van der Waals surface area contributed by atoms with E-state index in [4.69, 9.17) is 16.3 Å². The number of ether oxygens (including phenoxy) is 1. The predicted octanol–water partition coefficient (Wildman–Crippen LogP) is 4.15. The summed E-state index contributed by atoms with van der Waals surface area (Å²) < 4.78 is 4.75. The maximum absolute atomic E-state index is 11.6. The Bertz CT molecular complexity index is 1050. The Morgan fingerprint density at radius 3 is 2.83 bits per heavy atom. The molecule has 0 spiro atoms. The van der Waals surface area contributed by atoms with Gasteiger partial charge in [-0.25, -0.2) is 4.79 Å². The van der Waals surface area contributed by atoms with Crippen LogP contribution in [0.15, 0.2) is 42.5 Å². The standard InChI is InChI=1S/C17H12ClN3O2/c1-23-17(22)9-2-5-13-10(6-9)7-15(19-13)16-12-4-3-11(18)8-14(12)20-21-16/h2-8,19H,1H3,(H,20,21). The van der Waals surface area contributed by atoms with Crippen molar-refractivity contribution in [3.05, 3.63) is 53.1 Å². The SMILES string of the molecule is COC(=O)c1ccc2[nH]c(-c3n[nH]c4cc(Cl)ccc34)cc2c1. The Kier molecular flexibility index (Phi) is 3.09. The highest BCUT2D eigenvalue weighted by molar-refractivity contribution is 6.31. The highest BCUT2D eigenvalue weighted by Gasteiger charge is 2.13. The molecule has 4 rings (SSSR count). The average Bonchev–Trinajstić information content (AvgIpc) is 3.15. The van der Waals surface area contributed by atoms with Crippen LogP contribution in [0.5, 0.6) is 0 Å². The summed E-state index contributed by atoms with van der Waals surface area (Å²) in [6.45, 7) is 0. The van der Waals surface area contributed by atoms with Crippen LogP contribution < -0.4 is 0 Å². The van der Waals surface area contributed by atoms with Gasteiger partial charge >= 0.3 is 5.97 Å². The van der Waals surface area contributed by atoms with E-state index in [1.54, 1.807) is 12.1 Å². The molecule has 2 heterocycles. The maximum Gasteiger partial charge on any atom is 0.337 e. The third-order valence-corrected chi connectivity index (χ3v) is 4.06. The van der Waals surface area contributed by atoms with Crippen molar-refractivity contribution in [1.29, 1.82) is 0 Å². The largest absolute Gasteiger partial charge is 0.465 e. The van der Waals surface area contributed by atoms with E-state index in [-0.39, 0.29) is 5.97 Å². The monoisotopic (exact) mass is 325 g/mol. The molecule has 114 valence electrons. The van der Waals surface area contributed by atoms with Crippen LogP contribution in [0.4, 0.5) is 0 Å². The second kappa shape index (κ2) is 5.14. The van der Waals surface area contributed by atoms with Crippen LogP contribution in [0.1, 0.15) is 10.4 Å². The zero-order chi connectivity index (χ0) is 16.0. The summed E-state index contributed by atoms with van der Waals surface area (Å²) in [6, 6.07) is 13.0. The molecular formula is C17H12ClN3O2. The fraction of sp³-hybridized carbons (Fsp3) is 0.0588. The van der Waals surface area contributed by atoms with Crippen molar-refractivity contribution in [3.8, 4) is 11.4 Å². The summed E-state index contributed by atoms with van der Waals surface area (Å²) >= 11 is 6.00. The summed E-state index contributed by atoms with van der Waals surface area (Å²) in [5.74, 6) is -0.352. The van der Waals surface area contributed by atoms with Crippen molar-refractivity contribution < 1.29 is 9.53 Å². The van der Waals surface area contributed by atoms with Crippen LogP contribution in [0.2, 0.25) is 5.02 Å². The van der Waals surface area contributed by atoms with Crippen molar-refractivity contribution in [3.63, 3.8) is 0 Å². The lowest BCUT2D eigenvalue weighted by Gasteiger charge is -1.98. The van der Waals surface area contributed by atoms with Gasteiger partial charge in [0.05, 0.1) is 23.9 Å². The number of nitrogens with zero attached hydrogens (tertiary/aromatic N) is 1. The fourth-order valence-electron chi connectivity index (χ4n) is 2.70. The Labute approximate surface area is 136 Å². The lowest BCUT2D eigenvalue weighted by molar-refractivity contribution is 0.0601. The number of aromatic amines is 2. The van der Waals surface area contributed by atoms with E-state index in [0.717, 1.165) is 33.2 Å². The molecule has 0 bridgehead atoms. The zero-order valence-electron chi connectivity index (χ0n) is 12.2. The fourth-order valence-corrected chi connectivity index (χ4v) is 2.87. The lowest BCUT2D eigenvalue weighted by atomic mass is 10.1. The third-order valence-electron chi connectivity index (χ3n) is 3.82. The van der Waals surface area contributed by atoms with Crippen LogP contribution in [0.3, 0.4) is 0 Å². The normalized spacial score (nSPS) is 11.2. The molecule has 0 fully saturated rings. The van der Waals surface area contributed by atoms with Gasteiger partial charge in [-0.3, -0.25) is 5.10 Å². The van der Waals surface area contributed by atoms with Gasteiger partial charge < -0.3 is 9.72 Å². The zero-order valence-corrected chi connectivity index (χ0v) is 12.9. The van der Waals surface area contributed by atoms with Gasteiger partial charge in [-0.05, 0) is 42.5 Å². The van der Waals surface area contributed by atoms with Gasteiger partial charge in [0.25, 0.3) is 0 Å². The summed E-state index contributed by atoms with van der Waals surface area (Å²) in [4.78, 5) is 15.0. The molecule has 0 atom stereocenters. The van der Waals surface area contributed by atoms with Gasteiger partial charge in [0.1, 0.15) is 5.69 Å². The number of aromatic nitrogens is 3. The first-order chi connectivity index (χ1) is 11.2. The number of carbonyl (C=O) groups is 1. The van der Waals surface area contributed by atoms with E-state index in [1.807, 2.05) is 30.3 Å². The Hall–Kier alpha value is -2.79. The molecule has 23 heavy (non-hydrogen) atoms. The second-order valence-corrected chi connectivity index (χ2v) is 5.68.